The number of sulfonamides is 1. The third-order valence-electron chi connectivity index (χ3n) is 5.49. The largest absolute Gasteiger partial charge is 0.468 e. The number of piperazine rings is 1. The molecular weight excluding hydrogens is 443 g/mol. The summed E-state index contributed by atoms with van der Waals surface area (Å²) in [6.45, 7) is 2.56. The molecule has 1 atom stereocenters. The van der Waals surface area contributed by atoms with Gasteiger partial charge in [0.25, 0.3) is 0 Å². The molecule has 1 saturated heterocycles. The van der Waals surface area contributed by atoms with E-state index in [1.807, 2.05) is 0 Å². The minimum Gasteiger partial charge on any atom is -0.468 e. The van der Waals surface area contributed by atoms with Crippen LogP contribution in [0.2, 0.25) is 0 Å². The SMILES string of the molecule is O=S(=O)(NCC(c1ccco1)N1CCN(c2ccc(F)cc2)CC1)c1ccc(F)c(F)c1. The van der Waals surface area contributed by atoms with Gasteiger partial charge >= 0.3 is 0 Å². The van der Waals surface area contributed by atoms with Crippen LogP contribution in [0.25, 0.3) is 0 Å². The van der Waals surface area contributed by atoms with Crippen molar-refractivity contribution in [1.29, 1.82) is 0 Å². The van der Waals surface area contributed by atoms with Crippen LogP contribution in [-0.2, 0) is 10.0 Å². The molecule has 3 aromatic rings. The molecule has 1 unspecified atom stereocenters. The highest BCUT2D eigenvalue weighted by molar-refractivity contribution is 7.89. The summed E-state index contributed by atoms with van der Waals surface area (Å²) in [5.74, 6) is -2.05. The average Bonchev–Trinajstić information content (AvgIpc) is 3.31. The first-order valence-electron chi connectivity index (χ1n) is 10.1. The Labute approximate surface area is 184 Å². The van der Waals surface area contributed by atoms with Crippen LogP contribution in [0.5, 0.6) is 0 Å². The van der Waals surface area contributed by atoms with Crippen LogP contribution in [0.3, 0.4) is 0 Å². The number of anilines is 1. The lowest BCUT2D eigenvalue weighted by atomic mass is 10.1. The Kier molecular flexibility index (Phi) is 6.54. The van der Waals surface area contributed by atoms with Crippen molar-refractivity contribution in [1.82, 2.24) is 9.62 Å². The second kappa shape index (κ2) is 9.35. The third kappa shape index (κ3) is 4.98. The highest BCUT2D eigenvalue weighted by atomic mass is 32.2. The zero-order valence-electron chi connectivity index (χ0n) is 17.0. The number of nitrogens with zero attached hydrogens (tertiary/aromatic N) is 2. The van der Waals surface area contributed by atoms with Gasteiger partial charge in [0.2, 0.25) is 10.0 Å². The van der Waals surface area contributed by atoms with Gasteiger partial charge in [0.1, 0.15) is 11.6 Å². The molecule has 1 fully saturated rings. The molecule has 6 nitrogen and oxygen atoms in total. The number of nitrogens with one attached hydrogen (secondary N) is 1. The summed E-state index contributed by atoms with van der Waals surface area (Å²) in [5, 5.41) is 0. The fourth-order valence-corrected chi connectivity index (χ4v) is 4.80. The predicted octanol–water partition coefficient (Wildman–Crippen LogP) is 3.54. The van der Waals surface area contributed by atoms with E-state index < -0.39 is 21.7 Å². The number of rotatable bonds is 7. The Morgan fingerprint density at radius 1 is 0.938 bits per heavy atom. The molecule has 0 spiro atoms. The predicted molar refractivity (Wildman–Crippen MR) is 113 cm³/mol. The number of benzene rings is 2. The lowest BCUT2D eigenvalue weighted by Gasteiger charge is -2.39. The third-order valence-corrected chi connectivity index (χ3v) is 6.91. The van der Waals surface area contributed by atoms with Gasteiger partial charge in [0, 0.05) is 38.4 Å². The fraction of sp³-hybridized carbons (Fsp3) is 0.273. The Hall–Kier alpha value is -2.82. The van der Waals surface area contributed by atoms with Crippen LogP contribution in [-0.4, -0.2) is 46.0 Å². The molecular formula is C22H22F3N3O3S. The van der Waals surface area contributed by atoms with Gasteiger partial charge in [-0.2, -0.15) is 0 Å². The molecule has 4 rings (SSSR count). The van der Waals surface area contributed by atoms with Crippen molar-refractivity contribution in [3.8, 4) is 0 Å². The van der Waals surface area contributed by atoms with Gasteiger partial charge in [-0.1, -0.05) is 0 Å². The summed E-state index contributed by atoms with van der Waals surface area (Å²) in [4.78, 5) is 3.86. The highest BCUT2D eigenvalue weighted by Crippen LogP contribution is 2.25. The monoisotopic (exact) mass is 465 g/mol. The van der Waals surface area contributed by atoms with Crippen molar-refractivity contribution < 1.29 is 26.0 Å². The van der Waals surface area contributed by atoms with E-state index in [-0.39, 0.29) is 23.3 Å². The second-order valence-corrected chi connectivity index (χ2v) is 9.23. The summed E-state index contributed by atoms with van der Waals surface area (Å²) in [6.07, 6.45) is 1.51. The maximum absolute atomic E-state index is 13.5. The van der Waals surface area contributed by atoms with Crippen LogP contribution < -0.4 is 9.62 Å². The molecule has 1 aliphatic rings. The molecule has 1 N–H and O–H groups in total. The number of furan rings is 1. The minimum absolute atomic E-state index is 0.00854. The normalized spacial score (nSPS) is 16.3. The molecule has 0 bridgehead atoms. The Morgan fingerprint density at radius 2 is 1.66 bits per heavy atom. The molecule has 0 amide bonds. The number of hydrogen-bond acceptors (Lipinski definition) is 5. The van der Waals surface area contributed by atoms with Crippen molar-refractivity contribution in [2.24, 2.45) is 0 Å². The number of halogens is 3. The fourth-order valence-electron chi connectivity index (χ4n) is 3.75. The summed E-state index contributed by atoms with van der Waals surface area (Å²) in [6, 6.07) is 11.8. The van der Waals surface area contributed by atoms with E-state index in [9.17, 15) is 21.6 Å². The summed E-state index contributed by atoms with van der Waals surface area (Å²) in [5.41, 5.74) is 0.916. The molecule has 32 heavy (non-hydrogen) atoms. The maximum Gasteiger partial charge on any atom is 0.240 e. The van der Waals surface area contributed by atoms with E-state index in [4.69, 9.17) is 4.42 Å². The van der Waals surface area contributed by atoms with Crippen molar-refractivity contribution in [3.05, 3.63) is 84.1 Å². The first kappa shape index (κ1) is 22.4. The lowest BCUT2D eigenvalue weighted by molar-refractivity contribution is 0.166. The number of hydrogen-bond donors (Lipinski definition) is 1. The second-order valence-electron chi connectivity index (χ2n) is 7.46. The molecule has 0 aliphatic carbocycles. The van der Waals surface area contributed by atoms with E-state index in [2.05, 4.69) is 14.5 Å². The Balaban J connectivity index is 1.45. The first-order chi connectivity index (χ1) is 15.3. The average molecular weight is 465 g/mol. The van der Waals surface area contributed by atoms with Gasteiger partial charge in [-0.25, -0.2) is 26.3 Å². The lowest BCUT2D eigenvalue weighted by Crippen LogP contribution is -2.49. The van der Waals surface area contributed by atoms with Gasteiger partial charge < -0.3 is 9.32 Å². The smallest absolute Gasteiger partial charge is 0.240 e. The van der Waals surface area contributed by atoms with Crippen molar-refractivity contribution in [3.63, 3.8) is 0 Å². The van der Waals surface area contributed by atoms with Crippen LogP contribution in [0.4, 0.5) is 18.9 Å². The van der Waals surface area contributed by atoms with Crippen molar-refractivity contribution in [2.45, 2.75) is 10.9 Å². The summed E-state index contributed by atoms with van der Waals surface area (Å²) < 4.78 is 73.1. The topological polar surface area (TPSA) is 65.8 Å². The van der Waals surface area contributed by atoms with Gasteiger partial charge in [0.15, 0.2) is 11.6 Å². The molecule has 2 heterocycles. The maximum atomic E-state index is 13.5. The van der Waals surface area contributed by atoms with Crippen LogP contribution in [0.1, 0.15) is 11.8 Å². The van der Waals surface area contributed by atoms with Gasteiger partial charge in [-0.15, -0.1) is 0 Å². The summed E-state index contributed by atoms with van der Waals surface area (Å²) >= 11 is 0. The highest BCUT2D eigenvalue weighted by Gasteiger charge is 2.29. The van der Waals surface area contributed by atoms with Crippen LogP contribution in [0.15, 0.2) is 70.2 Å². The zero-order valence-corrected chi connectivity index (χ0v) is 17.9. The van der Waals surface area contributed by atoms with E-state index in [0.717, 1.165) is 17.8 Å². The first-order valence-corrected chi connectivity index (χ1v) is 11.5. The van der Waals surface area contributed by atoms with E-state index in [1.54, 1.807) is 24.3 Å². The Morgan fingerprint density at radius 3 is 2.28 bits per heavy atom. The zero-order chi connectivity index (χ0) is 22.7. The quantitative estimate of drug-likeness (QED) is 0.578. The van der Waals surface area contributed by atoms with Crippen molar-refractivity contribution >= 4 is 15.7 Å². The van der Waals surface area contributed by atoms with Gasteiger partial charge in [-0.05, 0) is 54.6 Å². The Bertz CT molecular complexity index is 1150. The molecule has 2 aromatic carbocycles. The molecule has 10 heteroatoms. The summed E-state index contributed by atoms with van der Waals surface area (Å²) in [7, 11) is -4.05. The van der Waals surface area contributed by atoms with E-state index >= 15 is 0 Å². The molecule has 0 radical (unpaired) electrons. The van der Waals surface area contributed by atoms with Crippen LogP contribution in [0, 0.1) is 17.5 Å². The molecule has 1 aromatic heterocycles. The van der Waals surface area contributed by atoms with E-state index in [0.29, 0.717) is 38.0 Å². The van der Waals surface area contributed by atoms with Crippen molar-refractivity contribution in [2.75, 3.05) is 37.6 Å². The van der Waals surface area contributed by atoms with E-state index in [1.165, 1.54) is 18.4 Å². The standard InChI is InChI=1S/C22H22F3N3O3S/c23-16-3-5-17(6-4-16)27-9-11-28(12-10-27)21(22-2-1-13-31-22)15-26-32(29,30)18-7-8-19(24)20(25)14-18/h1-8,13-14,21,26H,9-12,15H2. The van der Waals surface area contributed by atoms with Gasteiger partial charge in [-0.3, -0.25) is 4.90 Å². The minimum atomic E-state index is -4.05. The molecule has 0 saturated carbocycles. The van der Waals surface area contributed by atoms with Gasteiger partial charge in [0.05, 0.1) is 17.2 Å². The van der Waals surface area contributed by atoms with Crippen LogP contribution >= 0.6 is 0 Å². The molecule has 170 valence electrons. The molecule has 1 aliphatic heterocycles.